The van der Waals surface area contributed by atoms with E-state index in [4.69, 9.17) is 30.9 Å². The van der Waals surface area contributed by atoms with Gasteiger partial charge in [0.15, 0.2) is 53.0 Å². The number of unbranched alkanes of at least 4 members (excludes halogenated alkanes) is 2. The Kier molecular flexibility index (Phi) is 10.9. The molecular formula is C34H36N12O2S4. The smallest absolute Gasteiger partial charge is 0.177 e. The average molecular weight is 773 g/mol. The van der Waals surface area contributed by atoms with Gasteiger partial charge in [-0.1, -0.05) is 38.8 Å². The summed E-state index contributed by atoms with van der Waals surface area (Å²) in [6.45, 7) is 5.99. The molecule has 0 saturated heterocycles. The highest BCUT2D eigenvalue weighted by atomic mass is 32.2. The maximum absolute atomic E-state index is 5.99. The first-order valence-electron chi connectivity index (χ1n) is 16.6. The molecule has 0 amide bonds. The van der Waals surface area contributed by atoms with Crippen LogP contribution in [0.3, 0.4) is 0 Å². The third-order valence-corrected chi connectivity index (χ3v) is 12.3. The van der Waals surface area contributed by atoms with Crippen LogP contribution in [0.4, 0.5) is 11.6 Å². The van der Waals surface area contributed by atoms with Crippen LogP contribution in [0.15, 0.2) is 68.0 Å². The van der Waals surface area contributed by atoms with Gasteiger partial charge >= 0.3 is 0 Å². The number of anilines is 2. The van der Waals surface area contributed by atoms with Crippen molar-refractivity contribution in [2.45, 2.75) is 71.6 Å². The Balaban J connectivity index is 0.000000162. The number of hydrogen-bond acceptors (Lipinski definition) is 16. The highest BCUT2D eigenvalue weighted by Crippen LogP contribution is 2.40. The Labute approximate surface area is 315 Å². The molecule has 18 heteroatoms. The van der Waals surface area contributed by atoms with Crippen molar-refractivity contribution in [3.63, 3.8) is 0 Å². The number of nitrogens with zero attached hydrogens (tertiary/aromatic N) is 10. The van der Waals surface area contributed by atoms with Crippen molar-refractivity contribution in [2.24, 2.45) is 0 Å². The number of ether oxygens (including phenoxy) is 2. The number of methoxy groups -OCH3 is 2. The summed E-state index contributed by atoms with van der Waals surface area (Å²) in [6.07, 6.45) is 7.22. The van der Waals surface area contributed by atoms with E-state index in [0.29, 0.717) is 22.7 Å². The van der Waals surface area contributed by atoms with E-state index in [0.717, 1.165) is 101 Å². The number of hydrogen-bond donors (Lipinski definition) is 2. The van der Waals surface area contributed by atoms with Gasteiger partial charge in [-0.05, 0) is 60.6 Å². The number of nitrogens with two attached hydrogens (primary N) is 2. The molecule has 0 spiro atoms. The van der Waals surface area contributed by atoms with E-state index < -0.39 is 0 Å². The summed E-state index contributed by atoms with van der Waals surface area (Å²) >= 11 is 6.24. The van der Waals surface area contributed by atoms with Crippen LogP contribution in [-0.2, 0) is 13.1 Å². The van der Waals surface area contributed by atoms with Gasteiger partial charge in [0, 0.05) is 13.1 Å². The zero-order chi connectivity index (χ0) is 36.2. The van der Waals surface area contributed by atoms with Crippen LogP contribution in [0, 0.1) is 0 Å². The van der Waals surface area contributed by atoms with E-state index in [9.17, 15) is 0 Å². The van der Waals surface area contributed by atoms with Crippen molar-refractivity contribution in [1.29, 1.82) is 0 Å². The molecule has 8 aromatic rings. The first-order chi connectivity index (χ1) is 25.4. The van der Waals surface area contributed by atoms with Gasteiger partial charge in [-0.3, -0.25) is 0 Å². The molecule has 0 aliphatic heterocycles. The van der Waals surface area contributed by atoms with E-state index >= 15 is 0 Å². The Bertz CT molecular complexity index is 2320. The van der Waals surface area contributed by atoms with Gasteiger partial charge in [0.2, 0.25) is 0 Å². The minimum atomic E-state index is 0.401. The van der Waals surface area contributed by atoms with Crippen molar-refractivity contribution >= 4 is 101 Å². The number of nitrogen functional groups attached to an aromatic ring is 2. The third-order valence-electron chi connectivity index (χ3n) is 8.04. The number of thiazole rings is 2. The Morgan fingerprint density at radius 3 is 1.48 bits per heavy atom. The Morgan fingerprint density at radius 2 is 1.08 bits per heavy atom. The predicted molar refractivity (Wildman–Crippen MR) is 210 cm³/mol. The van der Waals surface area contributed by atoms with E-state index in [1.807, 2.05) is 36.4 Å². The van der Waals surface area contributed by atoms with Crippen LogP contribution < -0.4 is 20.9 Å². The summed E-state index contributed by atoms with van der Waals surface area (Å²) in [6, 6.07) is 11.8. The Morgan fingerprint density at radius 1 is 0.635 bits per heavy atom. The second-order valence-electron chi connectivity index (χ2n) is 11.4. The molecule has 0 aliphatic carbocycles. The number of imidazole rings is 2. The minimum Gasteiger partial charge on any atom is -0.495 e. The number of fused-ring (bicyclic) bond motifs is 4. The first-order valence-corrected chi connectivity index (χ1v) is 19.8. The number of rotatable bonds is 12. The molecule has 8 rings (SSSR count). The van der Waals surface area contributed by atoms with E-state index in [-0.39, 0.29) is 0 Å². The van der Waals surface area contributed by atoms with E-state index in [1.165, 1.54) is 36.2 Å². The molecule has 0 aliphatic rings. The molecule has 4 N–H and O–H groups in total. The maximum Gasteiger partial charge on any atom is 0.177 e. The summed E-state index contributed by atoms with van der Waals surface area (Å²) in [5.74, 6) is 2.47. The van der Waals surface area contributed by atoms with Crippen LogP contribution in [0.2, 0.25) is 0 Å². The quantitative estimate of drug-likeness (QED) is 0.122. The average Bonchev–Trinajstić information content (AvgIpc) is 3.93. The van der Waals surface area contributed by atoms with Gasteiger partial charge in [-0.15, -0.1) is 22.7 Å². The summed E-state index contributed by atoms with van der Waals surface area (Å²) in [5, 5.41) is 1.66. The van der Waals surface area contributed by atoms with Gasteiger partial charge < -0.3 is 30.1 Å². The molecule has 6 aromatic heterocycles. The van der Waals surface area contributed by atoms with E-state index in [2.05, 4.69) is 52.9 Å². The molecule has 268 valence electrons. The molecule has 6 heterocycles. The molecule has 0 atom stereocenters. The summed E-state index contributed by atoms with van der Waals surface area (Å²) in [7, 11) is 3.35. The van der Waals surface area contributed by atoms with Gasteiger partial charge in [0.1, 0.15) is 24.2 Å². The molecular weight excluding hydrogens is 737 g/mol. The summed E-state index contributed by atoms with van der Waals surface area (Å²) < 4.78 is 19.0. The Hall–Kier alpha value is -4.78. The second-order valence-corrected chi connectivity index (χ2v) is 15.9. The lowest BCUT2D eigenvalue weighted by Crippen LogP contribution is -2.01. The van der Waals surface area contributed by atoms with E-state index in [1.54, 1.807) is 36.9 Å². The van der Waals surface area contributed by atoms with Crippen LogP contribution in [-0.4, -0.2) is 63.2 Å². The topological polar surface area (TPSA) is 183 Å². The molecule has 0 saturated carbocycles. The highest BCUT2D eigenvalue weighted by molar-refractivity contribution is 8.01. The number of aryl methyl sites for hydroxylation is 2. The molecule has 52 heavy (non-hydrogen) atoms. The summed E-state index contributed by atoms with van der Waals surface area (Å²) in [5.41, 5.74) is 16.7. The van der Waals surface area contributed by atoms with Crippen molar-refractivity contribution in [1.82, 2.24) is 49.0 Å². The lowest BCUT2D eigenvalue weighted by molar-refractivity contribution is 0.420. The van der Waals surface area contributed by atoms with Crippen molar-refractivity contribution in [3.8, 4) is 11.5 Å². The third kappa shape index (κ3) is 7.15. The highest BCUT2D eigenvalue weighted by Gasteiger charge is 2.20. The lowest BCUT2D eigenvalue weighted by Gasteiger charge is -2.05. The molecule has 14 nitrogen and oxygen atoms in total. The number of aromatic nitrogens is 10. The molecule has 2 aromatic carbocycles. The number of benzene rings is 2. The van der Waals surface area contributed by atoms with Gasteiger partial charge in [-0.25, -0.2) is 39.9 Å². The fourth-order valence-electron chi connectivity index (χ4n) is 5.43. The van der Waals surface area contributed by atoms with Crippen molar-refractivity contribution in [2.75, 3.05) is 25.7 Å². The normalized spacial score (nSPS) is 11.5. The molecule has 0 unspecified atom stereocenters. The fraction of sp³-hybridized carbons (Fsp3) is 0.294. The largest absolute Gasteiger partial charge is 0.495 e. The standard InChI is InChI=1S/2C17H18N6OS2/c2*1-3-4-8-23-15-12(14(18)19-9-20-15)22-16(23)26-17-21-10-6-5-7-11(24-2)13(10)25-17/h2*5-7,9H,3-4,8H2,1-2H3,(H2,18,19,20). The second kappa shape index (κ2) is 15.9. The van der Waals surface area contributed by atoms with Crippen LogP contribution in [0.25, 0.3) is 42.8 Å². The monoisotopic (exact) mass is 772 g/mol. The zero-order valence-corrected chi connectivity index (χ0v) is 32.2. The molecule has 0 radical (unpaired) electrons. The van der Waals surface area contributed by atoms with Gasteiger partial charge in [0.05, 0.1) is 34.7 Å². The van der Waals surface area contributed by atoms with Gasteiger partial charge in [0.25, 0.3) is 0 Å². The van der Waals surface area contributed by atoms with Gasteiger partial charge in [-0.2, -0.15) is 0 Å². The minimum absolute atomic E-state index is 0.401. The van der Waals surface area contributed by atoms with Crippen LogP contribution in [0.1, 0.15) is 39.5 Å². The maximum atomic E-state index is 5.99. The zero-order valence-electron chi connectivity index (χ0n) is 28.9. The first kappa shape index (κ1) is 35.6. The fourth-order valence-corrected chi connectivity index (χ4v) is 9.74. The molecule has 0 fully saturated rings. The lowest BCUT2D eigenvalue weighted by atomic mass is 10.3. The predicted octanol–water partition coefficient (Wildman–Crippen LogP) is 7.96. The summed E-state index contributed by atoms with van der Waals surface area (Å²) in [4.78, 5) is 35.7. The molecule has 0 bridgehead atoms. The van der Waals surface area contributed by atoms with Crippen molar-refractivity contribution < 1.29 is 9.47 Å². The van der Waals surface area contributed by atoms with Crippen LogP contribution >= 0.6 is 46.2 Å². The van der Waals surface area contributed by atoms with Crippen molar-refractivity contribution in [3.05, 3.63) is 49.1 Å². The SMILES string of the molecule is CCCCn1c(Sc2nc3cccc(OC)c3s2)nc2c(N)ncnc21.CCCCn1c(Sc2nc3cccc(OC)c3s2)nc2c(N)ncnc21. The van der Waals surface area contributed by atoms with Crippen LogP contribution in [0.5, 0.6) is 11.5 Å².